The third kappa shape index (κ3) is 5.93. The largest absolute Gasteiger partial charge is 0.481 e. The number of carbonyl (C=O) groups excluding carboxylic acids is 1. The Morgan fingerprint density at radius 3 is 2.23 bits per heavy atom. The molecule has 0 radical (unpaired) electrons. The van der Waals surface area contributed by atoms with Crippen molar-refractivity contribution in [1.29, 1.82) is 0 Å². The first-order valence-corrected chi connectivity index (χ1v) is 12.6. The van der Waals surface area contributed by atoms with Crippen molar-refractivity contribution in [3.8, 4) is 5.75 Å². The second-order valence-electron chi connectivity index (χ2n) is 8.12. The van der Waals surface area contributed by atoms with Crippen LogP contribution in [0.25, 0.3) is 10.8 Å². The average Bonchev–Trinajstić information content (AvgIpc) is 2.81. The summed E-state index contributed by atoms with van der Waals surface area (Å²) in [5, 5.41) is 4.90. The molecule has 180 valence electrons. The fourth-order valence-electron chi connectivity index (χ4n) is 3.62. The average molecular weight is 491 g/mol. The van der Waals surface area contributed by atoms with Crippen LogP contribution in [-0.4, -0.2) is 30.4 Å². The number of amides is 1. The summed E-state index contributed by atoms with van der Waals surface area (Å²) in [5.74, 6) is 0.293. The molecule has 1 amide bonds. The van der Waals surface area contributed by atoms with Gasteiger partial charge in [-0.2, -0.15) is 0 Å². The third-order valence-electron chi connectivity index (χ3n) is 5.30. The number of benzene rings is 3. The second-order valence-corrected chi connectivity index (χ2v) is 9.80. The summed E-state index contributed by atoms with van der Waals surface area (Å²) < 4.78 is 33.7. The highest BCUT2D eigenvalue weighted by Gasteiger charge is 2.20. The van der Waals surface area contributed by atoms with Crippen LogP contribution in [0, 0.1) is 13.8 Å². The molecule has 0 spiro atoms. The Morgan fingerprint density at radius 1 is 0.914 bits per heavy atom. The molecule has 9 heteroatoms. The van der Waals surface area contributed by atoms with Gasteiger partial charge in [-0.05, 0) is 73.5 Å². The van der Waals surface area contributed by atoms with Gasteiger partial charge in [0.05, 0.1) is 4.90 Å². The first-order valence-electron chi connectivity index (χ1n) is 11.1. The van der Waals surface area contributed by atoms with E-state index < -0.39 is 16.1 Å². The maximum atomic E-state index is 12.8. The summed E-state index contributed by atoms with van der Waals surface area (Å²) in [6.07, 6.45) is -0.242. The van der Waals surface area contributed by atoms with Gasteiger partial charge in [0.25, 0.3) is 15.9 Å². The Labute approximate surface area is 204 Å². The summed E-state index contributed by atoms with van der Waals surface area (Å²) in [5.41, 5.74) is 1.77. The number of aryl methyl sites for hydroxylation is 2. The lowest BCUT2D eigenvalue weighted by atomic mass is 10.1. The molecule has 35 heavy (non-hydrogen) atoms. The van der Waals surface area contributed by atoms with Crippen LogP contribution in [0.15, 0.2) is 77.7 Å². The molecule has 0 saturated heterocycles. The zero-order chi connectivity index (χ0) is 25.0. The van der Waals surface area contributed by atoms with Crippen LogP contribution in [0.4, 0.5) is 11.6 Å². The van der Waals surface area contributed by atoms with Gasteiger partial charge in [-0.3, -0.25) is 4.79 Å². The monoisotopic (exact) mass is 490 g/mol. The van der Waals surface area contributed by atoms with E-state index in [1.54, 1.807) is 19.9 Å². The molecule has 1 aromatic heterocycles. The van der Waals surface area contributed by atoms with E-state index in [-0.39, 0.29) is 16.8 Å². The van der Waals surface area contributed by atoms with E-state index in [1.165, 1.54) is 24.3 Å². The van der Waals surface area contributed by atoms with Crippen LogP contribution < -0.4 is 14.8 Å². The van der Waals surface area contributed by atoms with E-state index >= 15 is 0 Å². The highest BCUT2D eigenvalue weighted by atomic mass is 32.2. The number of carbonyl (C=O) groups is 1. The van der Waals surface area contributed by atoms with Crippen molar-refractivity contribution in [2.24, 2.45) is 0 Å². The van der Waals surface area contributed by atoms with Gasteiger partial charge in [0, 0.05) is 17.1 Å². The molecule has 4 aromatic rings. The predicted octanol–water partition coefficient (Wildman–Crippen LogP) is 4.84. The lowest BCUT2D eigenvalue weighted by molar-refractivity contribution is -0.122. The summed E-state index contributed by atoms with van der Waals surface area (Å²) in [6.45, 7) is 5.39. The first kappa shape index (κ1) is 24.2. The molecule has 1 unspecified atom stereocenters. The van der Waals surface area contributed by atoms with Crippen molar-refractivity contribution in [2.45, 2.75) is 38.2 Å². The number of ether oxygens (including phenoxy) is 1. The van der Waals surface area contributed by atoms with Crippen LogP contribution in [0.3, 0.4) is 0 Å². The SMILES string of the molecule is CCC(Oc1ccc2ccccc2c1)C(=O)Nc1ccc(S(=O)(=O)Nc2nc(C)cc(C)n2)cc1. The van der Waals surface area contributed by atoms with Crippen molar-refractivity contribution < 1.29 is 17.9 Å². The van der Waals surface area contributed by atoms with Crippen molar-refractivity contribution in [3.05, 3.63) is 84.2 Å². The summed E-state index contributed by atoms with van der Waals surface area (Å²) in [4.78, 5) is 21.1. The third-order valence-corrected chi connectivity index (χ3v) is 6.65. The number of sulfonamides is 1. The topological polar surface area (TPSA) is 110 Å². The molecule has 0 aliphatic carbocycles. The number of rotatable bonds is 8. The predicted molar refractivity (Wildman–Crippen MR) is 136 cm³/mol. The molecule has 0 fully saturated rings. The number of hydrogen-bond donors (Lipinski definition) is 2. The summed E-state index contributed by atoms with van der Waals surface area (Å²) in [6, 6.07) is 21.2. The Kier molecular flexibility index (Phi) is 6.97. The van der Waals surface area contributed by atoms with Crippen molar-refractivity contribution in [1.82, 2.24) is 9.97 Å². The fourth-order valence-corrected chi connectivity index (χ4v) is 4.56. The number of aromatic nitrogens is 2. The Balaban J connectivity index is 1.43. The van der Waals surface area contributed by atoms with E-state index in [2.05, 4.69) is 20.0 Å². The van der Waals surface area contributed by atoms with E-state index in [9.17, 15) is 13.2 Å². The van der Waals surface area contributed by atoms with Gasteiger partial charge in [0.1, 0.15) is 5.75 Å². The van der Waals surface area contributed by atoms with Crippen LogP contribution in [-0.2, 0) is 14.8 Å². The Hall–Kier alpha value is -3.98. The zero-order valence-corrected chi connectivity index (χ0v) is 20.5. The smallest absolute Gasteiger partial charge is 0.265 e. The molecular formula is C26H26N4O4S. The highest BCUT2D eigenvalue weighted by Crippen LogP contribution is 2.23. The van der Waals surface area contributed by atoms with E-state index in [0.717, 1.165) is 10.8 Å². The number of nitrogens with zero attached hydrogens (tertiary/aromatic N) is 2. The highest BCUT2D eigenvalue weighted by molar-refractivity contribution is 7.92. The van der Waals surface area contributed by atoms with E-state index in [4.69, 9.17) is 4.74 Å². The van der Waals surface area contributed by atoms with Crippen molar-refractivity contribution in [2.75, 3.05) is 10.0 Å². The summed E-state index contributed by atoms with van der Waals surface area (Å²) in [7, 11) is -3.88. The van der Waals surface area contributed by atoms with E-state index in [1.807, 2.05) is 49.4 Å². The maximum absolute atomic E-state index is 12.8. The number of hydrogen-bond acceptors (Lipinski definition) is 6. The molecule has 1 atom stereocenters. The second kappa shape index (κ2) is 10.1. The molecule has 0 aliphatic rings. The number of nitrogens with one attached hydrogen (secondary N) is 2. The first-order chi connectivity index (χ1) is 16.7. The van der Waals surface area contributed by atoms with E-state index in [0.29, 0.717) is 29.2 Å². The molecule has 8 nitrogen and oxygen atoms in total. The summed E-state index contributed by atoms with van der Waals surface area (Å²) >= 11 is 0. The van der Waals surface area contributed by atoms with Crippen molar-refractivity contribution >= 4 is 38.3 Å². The fraction of sp³-hybridized carbons (Fsp3) is 0.192. The van der Waals surface area contributed by atoms with Gasteiger partial charge >= 0.3 is 0 Å². The van der Waals surface area contributed by atoms with Crippen LogP contribution >= 0.6 is 0 Å². The van der Waals surface area contributed by atoms with Crippen LogP contribution in [0.1, 0.15) is 24.7 Å². The molecule has 4 rings (SSSR count). The van der Waals surface area contributed by atoms with Crippen LogP contribution in [0.5, 0.6) is 5.75 Å². The molecule has 0 aliphatic heterocycles. The molecule has 0 bridgehead atoms. The minimum Gasteiger partial charge on any atom is -0.481 e. The van der Waals surface area contributed by atoms with Gasteiger partial charge in [-0.25, -0.2) is 23.1 Å². The molecule has 1 heterocycles. The molecular weight excluding hydrogens is 464 g/mol. The van der Waals surface area contributed by atoms with Gasteiger partial charge in [0.15, 0.2) is 6.10 Å². The standard InChI is InChI=1S/C26H26N4O4S/c1-4-24(34-22-12-9-19-7-5-6-8-20(19)16-22)25(31)29-21-10-13-23(14-11-21)35(32,33)30-26-27-17(2)15-18(3)28-26/h5-16,24H,4H2,1-3H3,(H,29,31)(H,27,28,30). The van der Waals surface area contributed by atoms with Gasteiger partial charge in [-0.15, -0.1) is 0 Å². The van der Waals surface area contributed by atoms with Gasteiger partial charge in [0.2, 0.25) is 5.95 Å². The minimum absolute atomic E-state index is 0.0107. The minimum atomic E-state index is -3.88. The van der Waals surface area contributed by atoms with Crippen LogP contribution in [0.2, 0.25) is 0 Å². The lowest BCUT2D eigenvalue weighted by Gasteiger charge is -2.18. The van der Waals surface area contributed by atoms with Gasteiger partial charge < -0.3 is 10.1 Å². The molecule has 3 aromatic carbocycles. The number of anilines is 2. The Bertz CT molecular complexity index is 1450. The Morgan fingerprint density at radius 2 is 1.57 bits per heavy atom. The lowest BCUT2D eigenvalue weighted by Crippen LogP contribution is -2.32. The maximum Gasteiger partial charge on any atom is 0.265 e. The van der Waals surface area contributed by atoms with Gasteiger partial charge in [-0.1, -0.05) is 37.3 Å². The quantitative estimate of drug-likeness (QED) is 0.366. The van der Waals surface area contributed by atoms with Crippen molar-refractivity contribution in [3.63, 3.8) is 0 Å². The molecule has 2 N–H and O–H groups in total. The zero-order valence-electron chi connectivity index (χ0n) is 19.6. The molecule has 0 saturated carbocycles. The normalized spacial score (nSPS) is 12.2. The number of fused-ring (bicyclic) bond motifs is 1.